The van der Waals surface area contributed by atoms with Crippen molar-refractivity contribution in [1.29, 1.82) is 0 Å². The Morgan fingerprint density at radius 1 is 1.27 bits per heavy atom. The molecule has 2 heterocycles. The van der Waals surface area contributed by atoms with Crippen molar-refractivity contribution in [2.75, 3.05) is 25.9 Å². The third-order valence-electron chi connectivity index (χ3n) is 4.68. The molecule has 0 radical (unpaired) electrons. The number of fused-ring (bicyclic) bond motifs is 1. The Morgan fingerprint density at radius 3 is 2.65 bits per heavy atom. The second-order valence-corrected chi connectivity index (χ2v) is 8.64. The molecule has 1 aliphatic heterocycles. The molecule has 2 amide bonds. The maximum atomic E-state index is 12.5. The van der Waals surface area contributed by atoms with E-state index in [2.05, 4.69) is 10.5 Å². The highest BCUT2D eigenvalue weighted by molar-refractivity contribution is 7.92. The first-order valence-electron chi connectivity index (χ1n) is 8.44. The lowest BCUT2D eigenvalue weighted by atomic mass is 10.1. The van der Waals surface area contributed by atoms with E-state index in [1.807, 2.05) is 18.2 Å². The SMILES string of the molecule is CNC(=O)CS(=O)(=O)C1CCN(C(=O)Cc2noc3ccccc23)CC1. The van der Waals surface area contributed by atoms with Crippen LogP contribution in [-0.4, -0.2) is 61.4 Å². The van der Waals surface area contributed by atoms with E-state index in [0.717, 1.165) is 5.39 Å². The van der Waals surface area contributed by atoms with Crippen LogP contribution >= 0.6 is 0 Å². The first-order valence-corrected chi connectivity index (χ1v) is 10.2. The first-order chi connectivity index (χ1) is 12.4. The molecular weight excluding hydrogens is 358 g/mol. The number of likely N-dealkylation sites (tertiary alicyclic amines) is 1. The highest BCUT2D eigenvalue weighted by Gasteiger charge is 2.33. The second-order valence-electron chi connectivity index (χ2n) is 6.36. The zero-order valence-corrected chi connectivity index (χ0v) is 15.3. The summed E-state index contributed by atoms with van der Waals surface area (Å²) in [7, 11) is -2.09. The van der Waals surface area contributed by atoms with Gasteiger partial charge in [-0.05, 0) is 25.0 Å². The molecule has 0 spiro atoms. The van der Waals surface area contributed by atoms with Gasteiger partial charge in [0.2, 0.25) is 11.8 Å². The molecule has 1 N–H and O–H groups in total. The van der Waals surface area contributed by atoms with Crippen LogP contribution in [0, 0.1) is 0 Å². The van der Waals surface area contributed by atoms with Gasteiger partial charge < -0.3 is 14.7 Å². The predicted molar refractivity (Wildman–Crippen MR) is 95.2 cm³/mol. The third-order valence-corrected chi connectivity index (χ3v) is 6.84. The number of nitrogens with one attached hydrogen (secondary N) is 1. The lowest BCUT2D eigenvalue weighted by Gasteiger charge is -2.31. The highest BCUT2D eigenvalue weighted by Crippen LogP contribution is 2.22. The Morgan fingerprint density at radius 2 is 1.96 bits per heavy atom. The number of rotatable bonds is 5. The molecule has 1 aromatic heterocycles. The lowest BCUT2D eigenvalue weighted by molar-refractivity contribution is -0.131. The van der Waals surface area contributed by atoms with Crippen molar-refractivity contribution < 1.29 is 22.5 Å². The summed E-state index contributed by atoms with van der Waals surface area (Å²) < 4.78 is 29.7. The van der Waals surface area contributed by atoms with Crippen LogP contribution in [0.25, 0.3) is 11.0 Å². The van der Waals surface area contributed by atoms with Crippen LogP contribution in [0.2, 0.25) is 0 Å². The molecule has 1 aliphatic rings. The van der Waals surface area contributed by atoms with Gasteiger partial charge in [0.1, 0.15) is 11.4 Å². The number of nitrogens with zero attached hydrogens (tertiary/aromatic N) is 2. The summed E-state index contributed by atoms with van der Waals surface area (Å²) in [5.41, 5.74) is 1.22. The van der Waals surface area contributed by atoms with E-state index in [1.165, 1.54) is 7.05 Å². The average molecular weight is 379 g/mol. The largest absolute Gasteiger partial charge is 0.358 e. The summed E-state index contributed by atoms with van der Waals surface area (Å²) in [6, 6.07) is 7.34. The van der Waals surface area contributed by atoms with E-state index < -0.39 is 26.7 Å². The van der Waals surface area contributed by atoms with Crippen LogP contribution in [0.1, 0.15) is 18.5 Å². The quantitative estimate of drug-likeness (QED) is 0.811. The molecule has 0 bridgehead atoms. The van der Waals surface area contributed by atoms with Gasteiger partial charge in [-0.1, -0.05) is 17.3 Å². The summed E-state index contributed by atoms with van der Waals surface area (Å²) in [4.78, 5) is 25.5. The van der Waals surface area contributed by atoms with Gasteiger partial charge in [-0.15, -0.1) is 0 Å². The smallest absolute Gasteiger partial charge is 0.234 e. The van der Waals surface area contributed by atoms with Gasteiger partial charge in [-0.25, -0.2) is 8.42 Å². The number of piperidine rings is 1. The second kappa shape index (κ2) is 7.45. The summed E-state index contributed by atoms with van der Waals surface area (Å²) in [5, 5.41) is 6.51. The molecule has 8 nitrogen and oxygen atoms in total. The third kappa shape index (κ3) is 3.87. The molecule has 0 atom stereocenters. The zero-order chi connectivity index (χ0) is 18.7. The average Bonchev–Trinajstić information content (AvgIpc) is 3.04. The van der Waals surface area contributed by atoms with Gasteiger partial charge in [0.15, 0.2) is 15.4 Å². The number of para-hydroxylation sites is 1. The molecule has 1 aromatic carbocycles. The van der Waals surface area contributed by atoms with Crippen LogP contribution in [0.3, 0.4) is 0 Å². The van der Waals surface area contributed by atoms with Crippen molar-refractivity contribution in [3.05, 3.63) is 30.0 Å². The molecule has 0 saturated carbocycles. The van der Waals surface area contributed by atoms with Crippen molar-refractivity contribution in [3.8, 4) is 0 Å². The van der Waals surface area contributed by atoms with Gasteiger partial charge in [-0.2, -0.15) is 0 Å². The zero-order valence-electron chi connectivity index (χ0n) is 14.5. The molecule has 3 rings (SSSR count). The summed E-state index contributed by atoms with van der Waals surface area (Å²) in [5.74, 6) is -1.12. The van der Waals surface area contributed by atoms with Gasteiger partial charge in [-0.3, -0.25) is 9.59 Å². The van der Waals surface area contributed by atoms with Crippen molar-refractivity contribution in [2.24, 2.45) is 0 Å². The van der Waals surface area contributed by atoms with E-state index >= 15 is 0 Å². The number of benzene rings is 1. The molecule has 0 aliphatic carbocycles. The number of carbonyl (C=O) groups is 2. The van der Waals surface area contributed by atoms with Gasteiger partial charge >= 0.3 is 0 Å². The minimum Gasteiger partial charge on any atom is -0.358 e. The Kier molecular flexibility index (Phi) is 5.26. The monoisotopic (exact) mass is 379 g/mol. The summed E-state index contributed by atoms with van der Waals surface area (Å²) >= 11 is 0. The highest BCUT2D eigenvalue weighted by atomic mass is 32.2. The number of carbonyl (C=O) groups excluding carboxylic acids is 2. The predicted octanol–water partition coefficient (Wildman–Crippen LogP) is 0.522. The number of amides is 2. The fraction of sp³-hybridized carbons (Fsp3) is 0.471. The molecule has 26 heavy (non-hydrogen) atoms. The molecular formula is C17H21N3O5S. The Balaban J connectivity index is 1.59. The molecule has 1 saturated heterocycles. The van der Waals surface area contributed by atoms with Crippen LogP contribution in [0.4, 0.5) is 0 Å². The maximum absolute atomic E-state index is 12.5. The summed E-state index contributed by atoms with van der Waals surface area (Å²) in [6.45, 7) is 0.707. The Bertz CT molecular complexity index is 913. The Labute approximate surface area is 151 Å². The number of hydrogen-bond acceptors (Lipinski definition) is 6. The number of aromatic nitrogens is 1. The van der Waals surface area contributed by atoms with Crippen LogP contribution in [0.15, 0.2) is 28.8 Å². The van der Waals surface area contributed by atoms with Gasteiger partial charge in [0.05, 0.1) is 11.7 Å². The maximum Gasteiger partial charge on any atom is 0.234 e. The van der Waals surface area contributed by atoms with Crippen molar-refractivity contribution >= 4 is 32.6 Å². The topological polar surface area (TPSA) is 110 Å². The fourth-order valence-electron chi connectivity index (χ4n) is 3.16. The number of hydrogen-bond donors (Lipinski definition) is 1. The van der Waals surface area contributed by atoms with Gasteiger partial charge in [0.25, 0.3) is 0 Å². The van der Waals surface area contributed by atoms with Crippen LogP contribution in [0.5, 0.6) is 0 Å². The fourth-order valence-corrected chi connectivity index (χ4v) is 4.83. The molecule has 140 valence electrons. The molecule has 9 heteroatoms. The van der Waals surface area contributed by atoms with Crippen molar-refractivity contribution in [1.82, 2.24) is 15.4 Å². The van der Waals surface area contributed by atoms with E-state index in [9.17, 15) is 18.0 Å². The molecule has 1 fully saturated rings. The van der Waals surface area contributed by atoms with Crippen molar-refractivity contribution in [2.45, 2.75) is 24.5 Å². The van der Waals surface area contributed by atoms with Crippen LogP contribution in [-0.2, 0) is 25.8 Å². The summed E-state index contributed by atoms with van der Waals surface area (Å²) in [6.07, 6.45) is 0.794. The van der Waals surface area contributed by atoms with Gasteiger partial charge in [0, 0.05) is 25.5 Å². The molecule has 0 unspecified atom stereocenters. The lowest BCUT2D eigenvalue weighted by Crippen LogP contribution is -2.44. The van der Waals surface area contributed by atoms with E-state index in [-0.39, 0.29) is 12.3 Å². The minimum atomic E-state index is -3.50. The van der Waals surface area contributed by atoms with E-state index in [4.69, 9.17) is 4.52 Å². The van der Waals surface area contributed by atoms with E-state index in [1.54, 1.807) is 11.0 Å². The minimum absolute atomic E-state index is 0.105. The normalized spacial score (nSPS) is 16.0. The standard InChI is InChI=1S/C17H21N3O5S/c1-18-16(21)11-26(23,24)12-6-8-20(9-7-12)17(22)10-14-13-4-2-3-5-15(13)25-19-14/h2-5,12H,6-11H2,1H3,(H,18,21). The van der Waals surface area contributed by atoms with Crippen LogP contribution < -0.4 is 5.32 Å². The number of sulfone groups is 1. The Hall–Kier alpha value is -2.42. The molecule has 2 aromatic rings. The van der Waals surface area contributed by atoms with E-state index in [0.29, 0.717) is 37.2 Å². The first kappa shape index (κ1) is 18.4. The van der Waals surface area contributed by atoms with Crippen molar-refractivity contribution in [3.63, 3.8) is 0 Å².